The van der Waals surface area contributed by atoms with Crippen LogP contribution in [-0.2, 0) is 23.8 Å². The van der Waals surface area contributed by atoms with E-state index in [1.807, 2.05) is 6.07 Å². The summed E-state index contributed by atoms with van der Waals surface area (Å²) in [4.78, 5) is 23.7. The van der Waals surface area contributed by atoms with Crippen LogP contribution in [-0.4, -0.2) is 31.4 Å². The molecule has 0 radical (unpaired) electrons. The van der Waals surface area contributed by atoms with Gasteiger partial charge in [-0.2, -0.15) is 5.26 Å². The number of nitrogens with one attached hydrogen (secondary N) is 1. The lowest BCUT2D eigenvalue weighted by Gasteiger charge is -2.33. The molecule has 0 saturated heterocycles. The largest absolute Gasteiger partial charge is 0.468 e. The fourth-order valence-corrected chi connectivity index (χ4v) is 2.28. The first-order valence-electron chi connectivity index (χ1n) is 6.96. The standard InChI is InChI=1S/C16H16N2O5/c1-3-22-16(12(10-17)15(20)21-2)13(9-14(19)23-16)18-11-7-5-4-6-8-11/h4-9,12,18H,3H2,1-2H3/t12-,16+/m0/s1. The molecule has 0 fully saturated rings. The summed E-state index contributed by atoms with van der Waals surface area (Å²) in [5, 5.41) is 12.3. The van der Waals surface area contributed by atoms with Crippen molar-refractivity contribution in [3.63, 3.8) is 0 Å². The van der Waals surface area contributed by atoms with Crippen molar-refractivity contribution < 1.29 is 23.8 Å². The van der Waals surface area contributed by atoms with E-state index in [1.165, 1.54) is 0 Å². The summed E-state index contributed by atoms with van der Waals surface area (Å²) in [6.07, 6.45) is 1.16. The first kappa shape index (κ1) is 16.5. The SMILES string of the molecule is CCO[C@]1([C@@H](C#N)C(=O)OC)OC(=O)C=C1Nc1ccccc1. The third-order valence-electron chi connectivity index (χ3n) is 3.25. The summed E-state index contributed by atoms with van der Waals surface area (Å²) in [7, 11) is 1.15. The zero-order valence-corrected chi connectivity index (χ0v) is 12.7. The van der Waals surface area contributed by atoms with Gasteiger partial charge in [-0.15, -0.1) is 0 Å². The van der Waals surface area contributed by atoms with Crippen molar-refractivity contribution in [2.75, 3.05) is 19.0 Å². The van der Waals surface area contributed by atoms with Gasteiger partial charge in [0.05, 0.1) is 18.9 Å². The molecule has 7 nitrogen and oxygen atoms in total. The molecule has 0 spiro atoms. The van der Waals surface area contributed by atoms with Crippen LogP contribution in [0.5, 0.6) is 0 Å². The van der Waals surface area contributed by atoms with E-state index >= 15 is 0 Å². The Labute approximate surface area is 133 Å². The Kier molecular flexibility index (Phi) is 4.98. The molecule has 0 aliphatic carbocycles. The fourth-order valence-electron chi connectivity index (χ4n) is 2.28. The second-order valence-electron chi connectivity index (χ2n) is 4.66. The Bertz CT molecular complexity index is 665. The lowest BCUT2D eigenvalue weighted by molar-refractivity contribution is -0.218. The van der Waals surface area contributed by atoms with Gasteiger partial charge in [-0.1, -0.05) is 18.2 Å². The molecule has 1 aromatic carbocycles. The number of methoxy groups -OCH3 is 1. The van der Waals surface area contributed by atoms with Crippen LogP contribution in [0.3, 0.4) is 0 Å². The smallest absolute Gasteiger partial charge is 0.335 e. The van der Waals surface area contributed by atoms with Crippen molar-refractivity contribution in [1.82, 2.24) is 0 Å². The molecule has 1 heterocycles. The molecule has 0 saturated carbocycles. The van der Waals surface area contributed by atoms with Crippen LogP contribution in [0.15, 0.2) is 42.1 Å². The van der Waals surface area contributed by atoms with Gasteiger partial charge in [-0.25, -0.2) is 4.79 Å². The van der Waals surface area contributed by atoms with Gasteiger partial charge >= 0.3 is 11.9 Å². The summed E-state index contributed by atoms with van der Waals surface area (Å²) in [5.41, 5.74) is 0.829. The zero-order valence-electron chi connectivity index (χ0n) is 12.7. The summed E-state index contributed by atoms with van der Waals surface area (Å²) >= 11 is 0. The van der Waals surface area contributed by atoms with Crippen LogP contribution in [0.25, 0.3) is 0 Å². The average molecular weight is 316 g/mol. The van der Waals surface area contributed by atoms with E-state index in [4.69, 9.17) is 9.47 Å². The third kappa shape index (κ3) is 3.17. The van der Waals surface area contributed by atoms with Crippen molar-refractivity contribution in [3.05, 3.63) is 42.1 Å². The molecule has 1 N–H and O–H groups in total. The molecule has 1 aliphatic rings. The first-order valence-corrected chi connectivity index (χ1v) is 6.96. The highest BCUT2D eigenvalue weighted by atomic mass is 16.7. The Morgan fingerprint density at radius 2 is 2.13 bits per heavy atom. The average Bonchev–Trinajstić information content (AvgIpc) is 2.85. The predicted octanol–water partition coefficient (Wildman–Crippen LogP) is 1.58. The summed E-state index contributed by atoms with van der Waals surface area (Å²) < 4.78 is 15.4. The number of carbonyl (C=O) groups excluding carboxylic acids is 2. The quantitative estimate of drug-likeness (QED) is 0.796. The van der Waals surface area contributed by atoms with Crippen molar-refractivity contribution in [2.45, 2.75) is 12.7 Å². The maximum atomic E-state index is 11.9. The fraction of sp³-hybridized carbons (Fsp3) is 0.312. The van der Waals surface area contributed by atoms with Crippen molar-refractivity contribution in [2.24, 2.45) is 5.92 Å². The number of cyclic esters (lactones) is 1. The first-order chi connectivity index (χ1) is 11.1. The van der Waals surface area contributed by atoms with Crippen LogP contribution < -0.4 is 5.32 Å². The van der Waals surface area contributed by atoms with E-state index in [9.17, 15) is 14.9 Å². The van der Waals surface area contributed by atoms with Crippen molar-refractivity contribution in [1.29, 1.82) is 5.26 Å². The van der Waals surface area contributed by atoms with E-state index in [-0.39, 0.29) is 12.3 Å². The van der Waals surface area contributed by atoms with Crippen molar-refractivity contribution >= 4 is 17.6 Å². The van der Waals surface area contributed by atoms with E-state index in [1.54, 1.807) is 37.3 Å². The van der Waals surface area contributed by atoms with E-state index in [0.29, 0.717) is 5.69 Å². The number of hydrogen-bond acceptors (Lipinski definition) is 7. The highest BCUT2D eigenvalue weighted by Gasteiger charge is 2.55. The molecule has 1 aliphatic heterocycles. The highest BCUT2D eigenvalue weighted by molar-refractivity contribution is 5.90. The van der Waals surface area contributed by atoms with E-state index in [2.05, 4.69) is 10.1 Å². The Morgan fingerprint density at radius 3 is 2.70 bits per heavy atom. The summed E-state index contributed by atoms with van der Waals surface area (Å²) in [6, 6.07) is 10.8. The van der Waals surface area contributed by atoms with Gasteiger partial charge < -0.3 is 19.5 Å². The minimum atomic E-state index is -1.86. The molecular weight excluding hydrogens is 300 g/mol. The van der Waals surface area contributed by atoms with Gasteiger partial charge in [0.25, 0.3) is 5.79 Å². The van der Waals surface area contributed by atoms with Crippen LogP contribution in [0, 0.1) is 17.2 Å². The molecule has 2 rings (SSSR count). The normalized spacial score (nSPS) is 20.9. The van der Waals surface area contributed by atoms with Crippen LogP contribution in [0.4, 0.5) is 5.69 Å². The van der Waals surface area contributed by atoms with Gasteiger partial charge in [0.15, 0.2) is 0 Å². The Balaban J connectivity index is 2.44. The summed E-state index contributed by atoms with van der Waals surface area (Å²) in [5.74, 6) is -4.87. The molecule has 23 heavy (non-hydrogen) atoms. The second-order valence-corrected chi connectivity index (χ2v) is 4.66. The number of benzene rings is 1. The minimum Gasteiger partial charge on any atom is -0.468 e. The molecule has 1 aromatic rings. The van der Waals surface area contributed by atoms with Crippen LogP contribution >= 0.6 is 0 Å². The van der Waals surface area contributed by atoms with Gasteiger partial charge in [-0.3, -0.25) is 4.79 Å². The van der Waals surface area contributed by atoms with Gasteiger partial charge in [0.1, 0.15) is 0 Å². The molecule has 0 amide bonds. The molecule has 120 valence electrons. The Hall–Kier alpha value is -2.85. The van der Waals surface area contributed by atoms with Crippen LogP contribution in [0.1, 0.15) is 6.92 Å². The zero-order chi connectivity index (χ0) is 16.9. The molecule has 7 heteroatoms. The number of anilines is 1. The number of nitriles is 1. The number of esters is 2. The molecule has 0 bridgehead atoms. The topological polar surface area (TPSA) is 97.7 Å². The third-order valence-corrected chi connectivity index (χ3v) is 3.25. The van der Waals surface area contributed by atoms with Crippen molar-refractivity contribution in [3.8, 4) is 6.07 Å². The Morgan fingerprint density at radius 1 is 1.43 bits per heavy atom. The predicted molar refractivity (Wildman–Crippen MR) is 79.7 cm³/mol. The molecule has 0 aromatic heterocycles. The number of carbonyl (C=O) groups is 2. The number of hydrogen-bond donors (Lipinski definition) is 1. The van der Waals surface area contributed by atoms with E-state index in [0.717, 1.165) is 13.2 Å². The number of ether oxygens (including phenoxy) is 3. The number of nitrogens with zero attached hydrogens (tertiary/aromatic N) is 1. The number of para-hydroxylation sites is 1. The van der Waals surface area contributed by atoms with Gasteiger partial charge in [-0.05, 0) is 19.1 Å². The molecule has 2 atom stereocenters. The maximum Gasteiger partial charge on any atom is 0.335 e. The maximum absolute atomic E-state index is 11.9. The van der Waals surface area contributed by atoms with Gasteiger partial charge in [0, 0.05) is 18.4 Å². The lowest BCUT2D eigenvalue weighted by atomic mass is 9.96. The highest BCUT2D eigenvalue weighted by Crippen LogP contribution is 2.37. The molecular formula is C16H16N2O5. The molecule has 0 unspecified atom stereocenters. The van der Waals surface area contributed by atoms with Crippen LogP contribution in [0.2, 0.25) is 0 Å². The monoisotopic (exact) mass is 316 g/mol. The van der Waals surface area contributed by atoms with Gasteiger partial charge in [0.2, 0.25) is 5.92 Å². The minimum absolute atomic E-state index is 0.121. The van der Waals surface area contributed by atoms with E-state index < -0.39 is 23.6 Å². The lowest BCUT2D eigenvalue weighted by Crippen LogP contribution is -2.48. The second kappa shape index (κ2) is 6.94. The summed E-state index contributed by atoms with van der Waals surface area (Å²) in [6.45, 7) is 1.79. The number of rotatable bonds is 6.